The van der Waals surface area contributed by atoms with Gasteiger partial charge in [0.15, 0.2) is 0 Å². The van der Waals surface area contributed by atoms with Crippen LogP contribution >= 0.6 is 11.6 Å². The van der Waals surface area contributed by atoms with E-state index in [0.717, 1.165) is 25.1 Å². The van der Waals surface area contributed by atoms with Gasteiger partial charge in [-0.1, -0.05) is 48.0 Å². The van der Waals surface area contributed by atoms with Gasteiger partial charge in [0, 0.05) is 18.5 Å². The molecule has 0 radical (unpaired) electrons. The number of benzene rings is 2. The van der Waals surface area contributed by atoms with Gasteiger partial charge in [0.05, 0.1) is 5.02 Å². The van der Waals surface area contributed by atoms with Crippen LogP contribution in [0.3, 0.4) is 0 Å². The number of nitrogens with one attached hydrogen (secondary N) is 1. The summed E-state index contributed by atoms with van der Waals surface area (Å²) in [7, 11) is 0. The van der Waals surface area contributed by atoms with Gasteiger partial charge in [-0.2, -0.15) is 0 Å². The Labute approximate surface area is 123 Å². The Hall–Kier alpha value is -1.38. The average molecular weight is 290 g/mol. The van der Waals surface area contributed by atoms with Gasteiger partial charge in [-0.25, -0.2) is 4.39 Å². The van der Waals surface area contributed by atoms with Gasteiger partial charge in [0.1, 0.15) is 5.82 Å². The molecule has 0 atom stereocenters. The van der Waals surface area contributed by atoms with Crippen molar-refractivity contribution in [1.29, 1.82) is 0 Å². The fourth-order valence-corrected chi connectivity index (χ4v) is 3.25. The summed E-state index contributed by atoms with van der Waals surface area (Å²) in [4.78, 5) is 0. The molecule has 1 fully saturated rings. The zero-order chi connectivity index (χ0) is 14.2. The van der Waals surface area contributed by atoms with E-state index in [2.05, 4.69) is 30.4 Å². The zero-order valence-electron chi connectivity index (χ0n) is 11.4. The van der Waals surface area contributed by atoms with E-state index in [9.17, 15) is 4.39 Å². The second-order valence-electron chi connectivity index (χ2n) is 5.59. The SMILES string of the molecule is Cc1ccccc1C1(Cc2cccc(F)c2Cl)CNC1. The van der Waals surface area contributed by atoms with Crippen LogP contribution in [0.1, 0.15) is 16.7 Å². The molecule has 1 aliphatic heterocycles. The van der Waals surface area contributed by atoms with Crippen molar-refractivity contribution in [1.82, 2.24) is 5.32 Å². The lowest BCUT2D eigenvalue weighted by atomic mass is 9.69. The third kappa shape index (κ3) is 2.23. The molecule has 3 heteroatoms. The van der Waals surface area contributed by atoms with E-state index in [-0.39, 0.29) is 16.3 Å². The molecule has 0 aliphatic carbocycles. The third-order valence-corrected chi connectivity index (χ3v) is 4.63. The molecule has 1 nitrogen and oxygen atoms in total. The molecule has 20 heavy (non-hydrogen) atoms. The molecule has 2 aromatic rings. The summed E-state index contributed by atoms with van der Waals surface area (Å²) in [6, 6.07) is 13.5. The summed E-state index contributed by atoms with van der Waals surface area (Å²) in [6.45, 7) is 3.94. The van der Waals surface area contributed by atoms with Crippen LogP contribution in [0, 0.1) is 12.7 Å². The van der Waals surface area contributed by atoms with E-state index < -0.39 is 0 Å². The lowest BCUT2D eigenvalue weighted by Crippen LogP contribution is -2.58. The summed E-state index contributed by atoms with van der Waals surface area (Å²) in [5, 5.41) is 3.60. The molecule has 0 unspecified atom stereocenters. The first-order valence-corrected chi connectivity index (χ1v) is 7.20. The Bertz CT molecular complexity index is 635. The van der Waals surface area contributed by atoms with E-state index in [4.69, 9.17) is 11.6 Å². The zero-order valence-corrected chi connectivity index (χ0v) is 12.2. The van der Waals surface area contributed by atoms with Crippen molar-refractivity contribution < 1.29 is 4.39 Å². The number of hydrogen-bond acceptors (Lipinski definition) is 1. The highest BCUT2D eigenvalue weighted by atomic mass is 35.5. The first kappa shape index (κ1) is 13.6. The topological polar surface area (TPSA) is 12.0 Å². The number of aryl methyl sites for hydroxylation is 1. The minimum atomic E-state index is -0.337. The first-order valence-electron chi connectivity index (χ1n) is 6.82. The molecule has 0 saturated carbocycles. The van der Waals surface area contributed by atoms with Crippen molar-refractivity contribution in [2.75, 3.05) is 13.1 Å². The molecule has 0 bridgehead atoms. The Morgan fingerprint density at radius 1 is 1.15 bits per heavy atom. The summed E-state index contributed by atoms with van der Waals surface area (Å²) in [6.07, 6.45) is 0.765. The number of rotatable bonds is 3. The van der Waals surface area contributed by atoms with Crippen molar-refractivity contribution >= 4 is 11.6 Å². The second-order valence-corrected chi connectivity index (χ2v) is 5.97. The Kier molecular flexibility index (Phi) is 3.53. The second kappa shape index (κ2) is 5.19. The van der Waals surface area contributed by atoms with Crippen molar-refractivity contribution in [3.63, 3.8) is 0 Å². The molecule has 0 aromatic heterocycles. The predicted molar refractivity (Wildman–Crippen MR) is 80.8 cm³/mol. The van der Waals surface area contributed by atoms with Gasteiger partial charge in [0.25, 0.3) is 0 Å². The smallest absolute Gasteiger partial charge is 0.142 e. The van der Waals surface area contributed by atoms with Crippen LogP contribution in [0.5, 0.6) is 0 Å². The number of halogens is 2. The molecule has 2 aromatic carbocycles. The van der Waals surface area contributed by atoms with Crippen LogP contribution in [0.25, 0.3) is 0 Å². The Morgan fingerprint density at radius 3 is 2.55 bits per heavy atom. The van der Waals surface area contributed by atoms with E-state index >= 15 is 0 Å². The molecule has 0 spiro atoms. The highest BCUT2D eigenvalue weighted by Crippen LogP contribution is 2.36. The highest BCUT2D eigenvalue weighted by Gasteiger charge is 2.40. The van der Waals surface area contributed by atoms with Gasteiger partial charge < -0.3 is 5.32 Å². The first-order chi connectivity index (χ1) is 9.62. The Balaban J connectivity index is 1.99. The molecule has 1 N–H and O–H groups in total. The van der Waals surface area contributed by atoms with Gasteiger partial charge in [0.2, 0.25) is 0 Å². The van der Waals surface area contributed by atoms with Gasteiger partial charge in [-0.05, 0) is 36.1 Å². The van der Waals surface area contributed by atoms with E-state index in [1.165, 1.54) is 17.2 Å². The largest absolute Gasteiger partial charge is 0.315 e. The monoisotopic (exact) mass is 289 g/mol. The lowest BCUT2D eigenvalue weighted by molar-refractivity contribution is 0.273. The minimum absolute atomic E-state index is 0.0305. The minimum Gasteiger partial charge on any atom is -0.315 e. The van der Waals surface area contributed by atoms with Crippen LogP contribution < -0.4 is 5.32 Å². The van der Waals surface area contributed by atoms with Crippen molar-refractivity contribution in [3.05, 3.63) is 70.0 Å². The quantitative estimate of drug-likeness (QED) is 0.904. The molecular weight excluding hydrogens is 273 g/mol. The molecular formula is C17H17ClFN. The van der Waals surface area contributed by atoms with E-state index in [1.807, 2.05) is 12.1 Å². The maximum Gasteiger partial charge on any atom is 0.142 e. The summed E-state index contributed by atoms with van der Waals surface area (Å²) in [5.74, 6) is -0.337. The predicted octanol–water partition coefficient (Wildman–Crippen LogP) is 3.87. The molecule has 1 aliphatic rings. The maximum atomic E-state index is 13.6. The average Bonchev–Trinajstić information content (AvgIpc) is 2.40. The maximum absolute atomic E-state index is 13.6. The van der Waals surface area contributed by atoms with Crippen LogP contribution in [-0.2, 0) is 11.8 Å². The molecule has 1 saturated heterocycles. The normalized spacial score (nSPS) is 16.8. The summed E-state index contributed by atoms with van der Waals surface area (Å²) >= 11 is 6.11. The highest BCUT2D eigenvalue weighted by molar-refractivity contribution is 6.31. The lowest BCUT2D eigenvalue weighted by Gasteiger charge is -2.44. The van der Waals surface area contributed by atoms with Crippen LogP contribution in [0.2, 0.25) is 5.02 Å². The molecule has 104 valence electrons. The van der Waals surface area contributed by atoms with Crippen LogP contribution in [0.15, 0.2) is 42.5 Å². The van der Waals surface area contributed by atoms with Crippen molar-refractivity contribution in [2.45, 2.75) is 18.8 Å². The molecule has 1 heterocycles. The summed E-state index contributed by atoms with van der Waals surface area (Å²) in [5.41, 5.74) is 3.53. The van der Waals surface area contributed by atoms with Gasteiger partial charge in [-0.3, -0.25) is 0 Å². The molecule has 0 amide bonds. The molecule has 3 rings (SSSR count). The van der Waals surface area contributed by atoms with E-state index in [0.29, 0.717) is 0 Å². The number of hydrogen-bond donors (Lipinski definition) is 1. The van der Waals surface area contributed by atoms with Gasteiger partial charge in [-0.15, -0.1) is 0 Å². The summed E-state index contributed by atoms with van der Waals surface area (Å²) < 4.78 is 13.6. The van der Waals surface area contributed by atoms with Crippen molar-refractivity contribution in [3.8, 4) is 0 Å². The van der Waals surface area contributed by atoms with Gasteiger partial charge >= 0.3 is 0 Å². The fraction of sp³-hybridized carbons (Fsp3) is 0.294. The van der Waals surface area contributed by atoms with Crippen LogP contribution in [-0.4, -0.2) is 13.1 Å². The van der Waals surface area contributed by atoms with Crippen molar-refractivity contribution in [2.24, 2.45) is 0 Å². The Morgan fingerprint density at radius 2 is 1.90 bits per heavy atom. The third-order valence-electron chi connectivity index (χ3n) is 4.20. The fourth-order valence-electron chi connectivity index (χ4n) is 3.05. The van der Waals surface area contributed by atoms with Crippen LogP contribution in [0.4, 0.5) is 4.39 Å². The van der Waals surface area contributed by atoms with E-state index in [1.54, 1.807) is 6.07 Å². The standard InChI is InChI=1S/C17H17ClFN/c1-12-5-2-3-7-14(12)17(10-20-11-17)9-13-6-4-8-15(19)16(13)18/h2-8,20H,9-11H2,1H3.